The van der Waals surface area contributed by atoms with Crippen LogP contribution in [0.5, 0.6) is 0 Å². The Morgan fingerprint density at radius 3 is 2.85 bits per heavy atom. The minimum Gasteiger partial charge on any atom is -0.481 e. The van der Waals surface area contributed by atoms with Crippen LogP contribution in [0, 0.1) is 11.8 Å². The molecule has 2 atom stereocenters. The first-order valence-corrected chi connectivity index (χ1v) is 6.78. The van der Waals surface area contributed by atoms with Gasteiger partial charge in [0.1, 0.15) is 0 Å². The van der Waals surface area contributed by atoms with E-state index in [0.29, 0.717) is 25.4 Å². The number of hydrogen-bond donors (Lipinski definition) is 1. The van der Waals surface area contributed by atoms with E-state index in [1.165, 1.54) is 12.1 Å². The molecule has 0 aliphatic carbocycles. The number of rotatable bonds is 4. The smallest absolute Gasteiger partial charge is 0.307 e. The molecule has 2 rings (SSSR count). The predicted molar refractivity (Wildman–Crippen MR) is 71.6 cm³/mol. The summed E-state index contributed by atoms with van der Waals surface area (Å²) >= 11 is 0. The van der Waals surface area contributed by atoms with E-state index in [-0.39, 0.29) is 11.5 Å². The zero-order chi connectivity index (χ0) is 14.7. The molecule has 1 fully saturated rings. The van der Waals surface area contributed by atoms with Crippen LogP contribution in [0.3, 0.4) is 0 Å². The highest BCUT2D eigenvalue weighted by Gasteiger charge is 2.29. The molecule has 1 N–H and O–H groups in total. The lowest BCUT2D eigenvalue weighted by Crippen LogP contribution is -2.41. The van der Waals surface area contributed by atoms with E-state index in [1.54, 1.807) is 12.1 Å². The lowest BCUT2D eigenvalue weighted by Gasteiger charge is -2.34. The number of aliphatic carboxylic acids is 1. The molecule has 1 saturated heterocycles. The van der Waals surface area contributed by atoms with E-state index < -0.39 is 12.4 Å². The van der Waals surface area contributed by atoms with E-state index in [2.05, 4.69) is 0 Å². The second-order valence-corrected chi connectivity index (χ2v) is 5.62. The van der Waals surface area contributed by atoms with E-state index >= 15 is 0 Å². The van der Waals surface area contributed by atoms with Gasteiger partial charge >= 0.3 is 5.97 Å². The molecule has 1 aromatic carbocycles. The second kappa shape index (κ2) is 6.31. The summed E-state index contributed by atoms with van der Waals surface area (Å²) in [6.45, 7) is 3.84. The first-order valence-electron chi connectivity index (χ1n) is 6.78. The van der Waals surface area contributed by atoms with Gasteiger partial charge in [0.15, 0.2) is 0 Å². The highest BCUT2D eigenvalue weighted by molar-refractivity contribution is 5.70. The molecular weight excluding hydrogens is 264 g/mol. The van der Waals surface area contributed by atoms with Gasteiger partial charge in [-0.1, -0.05) is 25.1 Å². The maximum absolute atomic E-state index is 12.7. The van der Waals surface area contributed by atoms with Gasteiger partial charge in [0.2, 0.25) is 0 Å². The average molecular weight is 283 g/mol. The Morgan fingerprint density at radius 2 is 2.20 bits per heavy atom. The Kier molecular flexibility index (Phi) is 4.70. The SMILES string of the molecule is CC1CC(C(=O)O)CN(Cc2cccc(C(F)F)c2)C1. The molecule has 0 aromatic heterocycles. The van der Waals surface area contributed by atoms with Crippen LogP contribution in [0.25, 0.3) is 0 Å². The number of carboxylic acids is 1. The summed E-state index contributed by atoms with van der Waals surface area (Å²) in [5.41, 5.74) is 0.823. The molecule has 0 saturated carbocycles. The van der Waals surface area contributed by atoms with Gasteiger partial charge in [-0.2, -0.15) is 0 Å². The third-order valence-electron chi connectivity index (χ3n) is 3.69. The van der Waals surface area contributed by atoms with Crippen molar-refractivity contribution in [2.24, 2.45) is 11.8 Å². The molecule has 1 aliphatic heterocycles. The fourth-order valence-electron chi connectivity index (χ4n) is 2.86. The number of nitrogens with zero attached hydrogens (tertiary/aromatic N) is 1. The largest absolute Gasteiger partial charge is 0.481 e. The topological polar surface area (TPSA) is 40.5 Å². The van der Waals surface area contributed by atoms with Gasteiger partial charge in [0.25, 0.3) is 6.43 Å². The van der Waals surface area contributed by atoms with Crippen LogP contribution in [-0.4, -0.2) is 29.1 Å². The van der Waals surface area contributed by atoms with Crippen molar-refractivity contribution < 1.29 is 18.7 Å². The van der Waals surface area contributed by atoms with Crippen molar-refractivity contribution in [1.82, 2.24) is 4.90 Å². The Hall–Kier alpha value is -1.49. The van der Waals surface area contributed by atoms with Gasteiger partial charge in [-0.15, -0.1) is 0 Å². The standard InChI is InChI=1S/C15H19F2NO2/c1-10-5-13(15(19)20)9-18(7-10)8-11-3-2-4-12(6-11)14(16)17/h2-4,6,10,13-14H,5,7-9H2,1H3,(H,19,20). The lowest BCUT2D eigenvalue weighted by atomic mass is 9.90. The average Bonchev–Trinajstić information content (AvgIpc) is 2.38. The van der Waals surface area contributed by atoms with Crippen LogP contribution >= 0.6 is 0 Å². The number of piperidine rings is 1. The molecule has 20 heavy (non-hydrogen) atoms. The molecule has 1 heterocycles. The van der Waals surface area contributed by atoms with Crippen LogP contribution in [-0.2, 0) is 11.3 Å². The highest BCUT2D eigenvalue weighted by atomic mass is 19.3. The van der Waals surface area contributed by atoms with Crippen molar-refractivity contribution in [3.05, 3.63) is 35.4 Å². The van der Waals surface area contributed by atoms with E-state index in [1.807, 2.05) is 11.8 Å². The van der Waals surface area contributed by atoms with Gasteiger partial charge in [-0.05, 0) is 24.0 Å². The third kappa shape index (κ3) is 3.76. The Balaban J connectivity index is 2.05. The number of benzene rings is 1. The molecule has 0 bridgehead atoms. The molecular formula is C15H19F2NO2. The Morgan fingerprint density at radius 1 is 1.45 bits per heavy atom. The van der Waals surface area contributed by atoms with Gasteiger partial charge in [0.05, 0.1) is 5.92 Å². The van der Waals surface area contributed by atoms with Crippen molar-refractivity contribution >= 4 is 5.97 Å². The molecule has 0 spiro atoms. The Bertz CT molecular complexity index is 479. The van der Waals surface area contributed by atoms with Gasteiger partial charge in [-0.25, -0.2) is 8.78 Å². The van der Waals surface area contributed by atoms with Crippen LogP contribution in [0.15, 0.2) is 24.3 Å². The predicted octanol–water partition coefficient (Wildman–Crippen LogP) is 3.17. The van der Waals surface area contributed by atoms with E-state index in [4.69, 9.17) is 5.11 Å². The van der Waals surface area contributed by atoms with Crippen LogP contribution < -0.4 is 0 Å². The van der Waals surface area contributed by atoms with Crippen molar-refractivity contribution in [3.8, 4) is 0 Å². The summed E-state index contributed by atoms with van der Waals surface area (Å²) in [5.74, 6) is -0.831. The van der Waals surface area contributed by atoms with Crippen molar-refractivity contribution in [2.45, 2.75) is 26.3 Å². The number of carboxylic acid groups (broad SMARTS) is 1. The zero-order valence-corrected chi connectivity index (χ0v) is 11.4. The number of halogens is 2. The van der Waals surface area contributed by atoms with E-state index in [0.717, 1.165) is 12.1 Å². The quantitative estimate of drug-likeness (QED) is 0.922. The number of carbonyl (C=O) groups is 1. The molecule has 5 heteroatoms. The molecule has 1 aromatic rings. The van der Waals surface area contributed by atoms with Crippen molar-refractivity contribution in [1.29, 1.82) is 0 Å². The molecule has 0 amide bonds. The summed E-state index contributed by atoms with van der Waals surface area (Å²) in [6, 6.07) is 6.34. The summed E-state index contributed by atoms with van der Waals surface area (Å²) in [6.07, 6.45) is -1.79. The van der Waals surface area contributed by atoms with Gasteiger partial charge in [-0.3, -0.25) is 9.69 Å². The number of alkyl halides is 2. The lowest BCUT2D eigenvalue weighted by molar-refractivity contribution is -0.144. The molecule has 3 nitrogen and oxygen atoms in total. The minimum atomic E-state index is -2.47. The summed E-state index contributed by atoms with van der Waals surface area (Å²) in [4.78, 5) is 13.2. The second-order valence-electron chi connectivity index (χ2n) is 5.62. The minimum absolute atomic E-state index is 0.0161. The Labute approximate surface area is 117 Å². The highest BCUT2D eigenvalue weighted by Crippen LogP contribution is 2.25. The fourth-order valence-corrected chi connectivity index (χ4v) is 2.86. The first-order chi connectivity index (χ1) is 9.45. The molecule has 0 radical (unpaired) electrons. The van der Waals surface area contributed by atoms with Crippen LogP contribution in [0.4, 0.5) is 8.78 Å². The summed E-state index contributed by atoms with van der Waals surface area (Å²) in [5, 5.41) is 9.13. The van der Waals surface area contributed by atoms with Crippen molar-refractivity contribution in [2.75, 3.05) is 13.1 Å². The van der Waals surface area contributed by atoms with Gasteiger partial charge in [0, 0.05) is 25.2 Å². The molecule has 2 unspecified atom stereocenters. The van der Waals surface area contributed by atoms with Crippen LogP contribution in [0.1, 0.15) is 30.9 Å². The monoisotopic (exact) mass is 283 g/mol. The van der Waals surface area contributed by atoms with Crippen LogP contribution in [0.2, 0.25) is 0 Å². The third-order valence-corrected chi connectivity index (χ3v) is 3.69. The number of likely N-dealkylation sites (tertiary alicyclic amines) is 1. The van der Waals surface area contributed by atoms with Gasteiger partial charge < -0.3 is 5.11 Å². The normalized spacial score (nSPS) is 24.0. The molecule has 1 aliphatic rings. The molecule has 110 valence electrons. The van der Waals surface area contributed by atoms with E-state index in [9.17, 15) is 13.6 Å². The fraction of sp³-hybridized carbons (Fsp3) is 0.533. The summed E-state index contributed by atoms with van der Waals surface area (Å²) in [7, 11) is 0. The maximum Gasteiger partial charge on any atom is 0.307 e. The maximum atomic E-state index is 12.7. The number of hydrogen-bond acceptors (Lipinski definition) is 2. The summed E-state index contributed by atoms with van der Waals surface area (Å²) < 4.78 is 25.3. The van der Waals surface area contributed by atoms with Crippen molar-refractivity contribution in [3.63, 3.8) is 0 Å². The first kappa shape index (κ1) is 14.9. The zero-order valence-electron chi connectivity index (χ0n) is 11.4.